The monoisotopic (exact) mass is 519 g/mol. The van der Waals surface area contributed by atoms with Gasteiger partial charge in [0.2, 0.25) is 12.7 Å². The number of esters is 1. The maximum atomic E-state index is 12.7. The van der Waals surface area contributed by atoms with Crippen LogP contribution in [0, 0.1) is 0 Å². The lowest BCUT2D eigenvalue weighted by molar-refractivity contribution is -0.125. The van der Waals surface area contributed by atoms with E-state index in [1.54, 1.807) is 30.3 Å². The van der Waals surface area contributed by atoms with E-state index in [4.69, 9.17) is 14.2 Å². The molecule has 3 aromatic rings. The molecule has 37 heavy (non-hydrogen) atoms. The van der Waals surface area contributed by atoms with E-state index in [2.05, 4.69) is 21.7 Å². The average molecular weight is 520 g/mol. The minimum atomic E-state index is -0.675. The molecule has 2 aromatic carbocycles. The van der Waals surface area contributed by atoms with Crippen LogP contribution in [0.2, 0.25) is 0 Å². The van der Waals surface area contributed by atoms with Crippen molar-refractivity contribution in [1.29, 1.82) is 0 Å². The van der Waals surface area contributed by atoms with Crippen molar-refractivity contribution in [1.82, 2.24) is 10.3 Å². The molecule has 1 unspecified atom stereocenters. The summed E-state index contributed by atoms with van der Waals surface area (Å²) in [6.45, 7) is -0.252. The van der Waals surface area contributed by atoms with E-state index in [1.165, 1.54) is 11.8 Å². The van der Waals surface area contributed by atoms with Crippen LogP contribution in [0.1, 0.15) is 40.4 Å². The predicted molar refractivity (Wildman–Crippen MR) is 137 cm³/mol. The number of anilines is 1. The highest BCUT2D eigenvalue weighted by Crippen LogP contribution is 2.34. The van der Waals surface area contributed by atoms with Crippen LogP contribution in [0.25, 0.3) is 0 Å². The zero-order chi connectivity index (χ0) is 25.6. The molecular formula is C27H25N3O6S. The number of hydrogen-bond donors (Lipinski definition) is 2. The van der Waals surface area contributed by atoms with Crippen molar-refractivity contribution in [3.05, 3.63) is 77.5 Å². The van der Waals surface area contributed by atoms with Gasteiger partial charge in [0.1, 0.15) is 5.03 Å². The highest BCUT2D eigenvalue weighted by Gasteiger charge is 2.23. The number of ether oxygens (including phenoxy) is 3. The summed E-state index contributed by atoms with van der Waals surface area (Å²) in [6, 6.07) is 16.2. The van der Waals surface area contributed by atoms with Gasteiger partial charge in [-0.05, 0) is 54.7 Å². The van der Waals surface area contributed by atoms with Crippen molar-refractivity contribution >= 4 is 35.2 Å². The third-order valence-corrected chi connectivity index (χ3v) is 7.03. The van der Waals surface area contributed by atoms with E-state index in [0.717, 1.165) is 36.6 Å². The smallest absolute Gasteiger partial charge is 0.341 e. The molecule has 1 aromatic heterocycles. The van der Waals surface area contributed by atoms with Crippen LogP contribution in [-0.4, -0.2) is 41.9 Å². The van der Waals surface area contributed by atoms with Gasteiger partial charge >= 0.3 is 5.97 Å². The van der Waals surface area contributed by atoms with Gasteiger partial charge in [-0.3, -0.25) is 9.59 Å². The molecule has 1 atom stereocenters. The molecule has 0 spiro atoms. The second-order valence-electron chi connectivity index (χ2n) is 8.55. The Morgan fingerprint density at radius 2 is 1.89 bits per heavy atom. The summed E-state index contributed by atoms with van der Waals surface area (Å²) >= 11 is 1.10. The second kappa shape index (κ2) is 11.3. The molecule has 0 fully saturated rings. The van der Waals surface area contributed by atoms with Crippen molar-refractivity contribution in [3.63, 3.8) is 0 Å². The van der Waals surface area contributed by atoms with Gasteiger partial charge in [-0.1, -0.05) is 36.0 Å². The van der Waals surface area contributed by atoms with E-state index in [0.29, 0.717) is 22.2 Å². The Kier molecular flexibility index (Phi) is 7.55. The van der Waals surface area contributed by atoms with Crippen LogP contribution < -0.4 is 20.1 Å². The SMILES string of the molecule is O=C(CSc1ncccc1C(=O)OCC(=O)NC1CCCc2ccccc21)Nc1ccc2c(c1)OCO2. The van der Waals surface area contributed by atoms with Crippen molar-refractivity contribution in [2.24, 2.45) is 0 Å². The molecular weight excluding hydrogens is 494 g/mol. The third-order valence-electron chi connectivity index (χ3n) is 6.03. The average Bonchev–Trinajstić information content (AvgIpc) is 3.39. The number of pyridine rings is 1. The minimum absolute atomic E-state index is 0.0211. The van der Waals surface area contributed by atoms with Crippen LogP contribution in [-0.2, 0) is 20.7 Å². The zero-order valence-corrected chi connectivity index (χ0v) is 20.7. The van der Waals surface area contributed by atoms with Gasteiger partial charge in [-0.15, -0.1) is 0 Å². The number of fused-ring (bicyclic) bond motifs is 2. The molecule has 0 saturated carbocycles. The Bertz CT molecular complexity index is 1330. The summed E-state index contributed by atoms with van der Waals surface area (Å²) in [6.07, 6.45) is 4.35. The number of aromatic nitrogens is 1. The van der Waals surface area contributed by atoms with E-state index >= 15 is 0 Å². The van der Waals surface area contributed by atoms with Crippen LogP contribution >= 0.6 is 11.8 Å². The van der Waals surface area contributed by atoms with Gasteiger partial charge in [-0.25, -0.2) is 9.78 Å². The second-order valence-corrected chi connectivity index (χ2v) is 9.51. The largest absolute Gasteiger partial charge is 0.454 e. The molecule has 2 N–H and O–H groups in total. The fourth-order valence-corrected chi connectivity index (χ4v) is 5.10. The fraction of sp³-hybridized carbons (Fsp3) is 0.259. The summed E-state index contributed by atoms with van der Waals surface area (Å²) in [5.74, 6) is -0.103. The Labute approximate surface area is 217 Å². The lowest BCUT2D eigenvalue weighted by Crippen LogP contribution is -2.34. The summed E-state index contributed by atoms with van der Waals surface area (Å²) in [5, 5.41) is 6.10. The number of nitrogens with one attached hydrogen (secondary N) is 2. The number of benzene rings is 2. The Hall–Kier alpha value is -4.05. The zero-order valence-electron chi connectivity index (χ0n) is 19.9. The van der Waals surface area contributed by atoms with E-state index in [9.17, 15) is 14.4 Å². The number of hydrogen-bond acceptors (Lipinski definition) is 8. The minimum Gasteiger partial charge on any atom is -0.454 e. The molecule has 2 heterocycles. The standard InChI is InChI=1S/C27H25N3O6S/c31-24(30-21-9-3-6-17-5-1-2-7-19(17)21)14-34-27(33)20-8-4-12-28-26(20)37-15-25(32)29-18-10-11-22-23(13-18)36-16-35-22/h1-2,4-5,7-8,10-13,21H,3,6,9,14-16H2,(H,29,32)(H,30,31). The summed E-state index contributed by atoms with van der Waals surface area (Å²) in [7, 11) is 0. The molecule has 0 saturated heterocycles. The molecule has 0 radical (unpaired) electrons. The van der Waals surface area contributed by atoms with Crippen LogP contribution in [0.5, 0.6) is 11.5 Å². The molecule has 1 aliphatic carbocycles. The maximum absolute atomic E-state index is 12.7. The lowest BCUT2D eigenvalue weighted by atomic mass is 9.88. The number of carbonyl (C=O) groups excluding carboxylic acids is 3. The Morgan fingerprint density at radius 1 is 1.03 bits per heavy atom. The van der Waals surface area contributed by atoms with Gasteiger partial charge in [0, 0.05) is 18.0 Å². The number of thioether (sulfide) groups is 1. The fourth-order valence-electron chi connectivity index (χ4n) is 4.32. The lowest BCUT2D eigenvalue weighted by Gasteiger charge is -2.26. The number of rotatable bonds is 8. The quantitative estimate of drug-likeness (QED) is 0.340. The first kappa shape index (κ1) is 24.6. The van der Waals surface area contributed by atoms with Crippen molar-refractivity contribution < 1.29 is 28.6 Å². The first-order valence-electron chi connectivity index (χ1n) is 11.9. The normalized spacial score (nSPS) is 15.4. The van der Waals surface area contributed by atoms with Crippen molar-refractivity contribution in [3.8, 4) is 11.5 Å². The molecule has 9 nitrogen and oxygen atoms in total. The summed E-state index contributed by atoms with van der Waals surface area (Å²) in [5.41, 5.74) is 3.11. The topological polar surface area (TPSA) is 116 Å². The molecule has 2 aliphatic rings. The molecule has 5 rings (SSSR count). The Balaban J connectivity index is 1.13. The number of carbonyl (C=O) groups is 3. The molecule has 0 bridgehead atoms. The van der Waals surface area contributed by atoms with E-state index in [1.807, 2.05) is 18.2 Å². The van der Waals surface area contributed by atoms with Gasteiger partial charge in [0.05, 0.1) is 17.4 Å². The maximum Gasteiger partial charge on any atom is 0.341 e. The number of nitrogens with zero attached hydrogens (tertiary/aromatic N) is 1. The number of amides is 2. The van der Waals surface area contributed by atoms with Crippen molar-refractivity contribution in [2.75, 3.05) is 24.5 Å². The van der Waals surface area contributed by atoms with Gasteiger partial charge in [0.25, 0.3) is 5.91 Å². The summed E-state index contributed by atoms with van der Waals surface area (Å²) in [4.78, 5) is 41.9. The van der Waals surface area contributed by atoms with Crippen molar-refractivity contribution in [2.45, 2.75) is 30.3 Å². The van der Waals surface area contributed by atoms with E-state index in [-0.39, 0.29) is 36.0 Å². The number of aryl methyl sites for hydroxylation is 1. The van der Waals surface area contributed by atoms with Gasteiger partial charge in [-0.2, -0.15) is 0 Å². The van der Waals surface area contributed by atoms with Gasteiger partial charge < -0.3 is 24.8 Å². The van der Waals surface area contributed by atoms with Gasteiger partial charge in [0.15, 0.2) is 18.1 Å². The Morgan fingerprint density at radius 3 is 2.81 bits per heavy atom. The van der Waals surface area contributed by atoms with Crippen LogP contribution in [0.15, 0.2) is 65.8 Å². The first-order valence-corrected chi connectivity index (χ1v) is 12.9. The van der Waals surface area contributed by atoms with E-state index < -0.39 is 12.6 Å². The highest BCUT2D eigenvalue weighted by atomic mass is 32.2. The summed E-state index contributed by atoms with van der Waals surface area (Å²) < 4.78 is 15.9. The first-order chi connectivity index (χ1) is 18.1. The van der Waals surface area contributed by atoms with Crippen LogP contribution in [0.4, 0.5) is 5.69 Å². The third kappa shape index (κ3) is 6.03. The predicted octanol–water partition coefficient (Wildman–Crippen LogP) is 3.89. The molecule has 1 aliphatic heterocycles. The highest BCUT2D eigenvalue weighted by molar-refractivity contribution is 8.00. The molecule has 10 heteroatoms. The molecule has 190 valence electrons. The molecule has 2 amide bonds. The van der Waals surface area contributed by atoms with Crippen LogP contribution in [0.3, 0.4) is 0 Å².